The van der Waals surface area contributed by atoms with Gasteiger partial charge >= 0.3 is 0 Å². The van der Waals surface area contributed by atoms with Crippen molar-refractivity contribution in [2.75, 3.05) is 13.1 Å². The molecule has 0 bridgehead atoms. The summed E-state index contributed by atoms with van der Waals surface area (Å²) < 4.78 is 1.87. The molecule has 0 aliphatic heterocycles. The maximum absolute atomic E-state index is 4.76. The Morgan fingerprint density at radius 2 is 1.87 bits per heavy atom. The Morgan fingerprint density at radius 3 is 2.45 bits per heavy atom. The number of benzene rings is 1. The summed E-state index contributed by atoms with van der Waals surface area (Å²) in [5.74, 6) is 1.68. The van der Waals surface area contributed by atoms with E-state index in [4.69, 9.17) is 4.99 Å². The summed E-state index contributed by atoms with van der Waals surface area (Å²) in [5.41, 5.74) is 4.81. The largest absolute Gasteiger partial charge is 0.357 e. The highest BCUT2D eigenvalue weighted by atomic mass is 127. The summed E-state index contributed by atoms with van der Waals surface area (Å²) in [6, 6.07) is 16.9. The Labute approximate surface area is 201 Å². The van der Waals surface area contributed by atoms with Crippen LogP contribution < -0.4 is 10.6 Å². The normalized spacial score (nSPS) is 14.6. The highest BCUT2D eigenvalue weighted by Crippen LogP contribution is 2.47. The molecule has 31 heavy (non-hydrogen) atoms. The van der Waals surface area contributed by atoms with E-state index >= 15 is 0 Å². The van der Waals surface area contributed by atoms with Crippen LogP contribution in [0.1, 0.15) is 42.3 Å². The molecule has 1 fully saturated rings. The molecule has 0 radical (unpaired) electrons. The maximum atomic E-state index is 4.76. The molecule has 2 heterocycles. The second-order valence-corrected chi connectivity index (χ2v) is 8.06. The molecule has 0 unspecified atom stereocenters. The summed E-state index contributed by atoms with van der Waals surface area (Å²) in [6.07, 6.45) is 4.33. The van der Waals surface area contributed by atoms with Crippen LogP contribution in [0.25, 0.3) is 5.82 Å². The van der Waals surface area contributed by atoms with Crippen LogP contribution in [0.3, 0.4) is 0 Å². The van der Waals surface area contributed by atoms with Crippen molar-refractivity contribution in [3.63, 3.8) is 0 Å². The van der Waals surface area contributed by atoms with Gasteiger partial charge in [-0.25, -0.2) is 14.7 Å². The van der Waals surface area contributed by atoms with Gasteiger partial charge in [-0.05, 0) is 56.9 Å². The fraction of sp³-hybridized carbons (Fsp3) is 0.375. The SMILES string of the molecule is CCNC(=NCc1ccc(-n2nc(C)cc2C)nc1)NCC1(c2ccccc2)CC1.I. The van der Waals surface area contributed by atoms with Crippen LogP contribution in [0.15, 0.2) is 59.7 Å². The lowest BCUT2D eigenvalue weighted by Gasteiger charge is -2.19. The third-order valence-corrected chi connectivity index (χ3v) is 5.63. The Morgan fingerprint density at radius 1 is 1.10 bits per heavy atom. The minimum absolute atomic E-state index is 0. The average molecular weight is 530 g/mol. The average Bonchev–Trinajstić information content (AvgIpc) is 3.49. The van der Waals surface area contributed by atoms with Gasteiger partial charge in [0.15, 0.2) is 11.8 Å². The maximum Gasteiger partial charge on any atom is 0.191 e. The topological polar surface area (TPSA) is 67.1 Å². The van der Waals surface area contributed by atoms with Crippen LogP contribution in [0.5, 0.6) is 0 Å². The number of pyridine rings is 1. The lowest BCUT2D eigenvalue weighted by atomic mass is 9.96. The number of nitrogens with zero attached hydrogens (tertiary/aromatic N) is 4. The minimum Gasteiger partial charge on any atom is -0.357 e. The van der Waals surface area contributed by atoms with Gasteiger partial charge in [-0.2, -0.15) is 5.10 Å². The first kappa shape index (κ1) is 23.2. The van der Waals surface area contributed by atoms with Gasteiger partial charge in [0.2, 0.25) is 0 Å². The first-order chi connectivity index (χ1) is 14.6. The van der Waals surface area contributed by atoms with Crippen LogP contribution in [0, 0.1) is 13.8 Å². The van der Waals surface area contributed by atoms with Crippen LogP contribution in [0.4, 0.5) is 0 Å². The number of rotatable bonds is 7. The molecule has 0 saturated heterocycles. The summed E-state index contributed by atoms with van der Waals surface area (Å²) in [4.78, 5) is 9.34. The fourth-order valence-corrected chi connectivity index (χ4v) is 3.77. The highest BCUT2D eigenvalue weighted by molar-refractivity contribution is 14.0. The number of hydrogen-bond donors (Lipinski definition) is 2. The summed E-state index contributed by atoms with van der Waals surface area (Å²) >= 11 is 0. The molecule has 3 aromatic rings. The fourth-order valence-electron chi connectivity index (χ4n) is 3.77. The number of nitrogens with one attached hydrogen (secondary N) is 2. The lowest BCUT2D eigenvalue weighted by molar-refractivity contribution is 0.646. The number of guanidine groups is 1. The second-order valence-electron chi connectivity index (χ2n) is 8.06. The third kappa shape index (κ3) is 5.64. The molecule has 1 saturated carbocycles. The van der Waals surface area contributed by atoms with Crippen LogP contribution in [0.2, 0.25) is 0 Å². The second kappa shape index (κ2) is 10.3. The zero-order chi connectivity index (χ0) is 21.0. The van der Waals surface area contributed by atoms with Crippen molar-refractivity contribution < 1.29 is 0 Å². The van der Waals surface area contributed by atoms with E-state index in [1.54, 1.807) is 0 Å². The van der Waals surface area contributed by atoms with Gasteiger partial charge < -0.3 is 10.6 Å². The van der Waals surface area contributed by atoms with Crippen LogP contribution in [-0.4, -0.2) is 33.8 Å². The molecule has 2 aromatic heterocycles. The van der Waals surface area contributed by atoms with E-state index in [1.165, 1.54) is 18.4 Å². The zero-order valence-corrected chi connectivity index (χ0v) is 20.8. The molecule has 6 nitrogen and oxygen atoms in total. The molecule has 0 spiro atoms. The van der Waals surface area contributed by atoms with Gasteiger partial charge in [0.1, 0.15) is 0 Å². The molecule has 164 valence electrons. The molecule has 0 amide bonds. The van der Waals surface area contributed by atoms with Gasteiger partial charge in [0, 0.05) is 30.4 Å². The molecule has 4 rings (SSSR count). The monoisotopic (exact) mass is 530 g/mol. The first-order valence-corrected chi connectivity index (χ1v) is 10.7. The molecular weight excluding hydrogens is 499 g/mol. The summed E-state index contributed by atoms with van der Waals surface area (Å²) in [6.45, 7) is 8.43. The van der Waals surface area contributed by atoms with Crippen LogP contribution >= 0.6 is 24.0 Å². The van der Waals surface area contributed by atoms with Crippen molar-refractivity contribution in [2.24, 2.45) is 4.99 Å². The molecule has 1 aromatic carbocycles. The predicted molar refractivity (Wildman–Crippen MR) is 136 cm³/mol. The van der Waals surface area contributed by atoms with E-state index in [-0.39, 0.29) is 29.4 Å². The van der Waals surface area contributed by atoms with Crippen molar-refractivity contribution in [1.82, 2.24) is 25.4 Å². The molecule has 0 atom stereocenters. The van der Waals surface area contributed by atoms with E-state index in [1.807, 2.05) is 30.8 Å². The van der Waals surface area contributed by atoms with E-state index in [0.717, 1.165) is 41.8 Å². The van der Waals surface area contributed by atoms with Gasteiger partial charge in [0.05, 0.1) is 12.2 Å². The molecule has 7 heteroatoms. The number of aliphatic imine (C=N–C) groups is 1. The van der Waals surface area contributed by atoms with Crippen LogP contribution in [-0.2, 0) is 12.0 Å². The van der Waals surface area contributed by atoms with Gasteiger partial charge in [0.25, 0.3) is 0 Å². The Hall–Kier alpha value is -2.42. The number of aryl methyl sites for hydroxylation is 2. The number of halogens is 1. The van der Waals surface area contributed by atoms with Crippen molar-refractivity contribution >= 4 is 29.9 Å². The zero-order valence-electron chi connectivity index (χ0n) is 18.4. The Bertz CT molecular complexity index is 1010. The predicted octanol–water partition coefficient (Wildman–Crippen LogP) is 4.29. The Kier molecular flexibility index (Phi) is 7.69. The summed E-state index contributed by atoms with van der Waals surface area (Å²) in [7, 11) is 0. The van der Waals surface area contributed by atoms with Crippen molar-refractivity contribution in [2.45, 2.75) is 45.6 Å². The smallest absolute Gasteiger partial charge is 0.191 e. The van der Waals surface area contributed by atoms with Gasteiger partial charge in [-0.1, -0.05) is 36.4 Å². The van der Waals surface area contributed by atoms with Crippen molar-refractivity contribution in [3.8, 4) is 5.82 Å². The minimum atomic E-state index is 0. The number of aromatic nitrogens is 3. The van der Waals surface area contributed by atoms with E-state index in [9.17, 15) is 0 Å². The first-order valence-electron chi connectivity index (χ1n) is 10.7. The van der Waals surface area contributed by atoms with E-state index < -0.39 is 0 Å². The molecule has 1 aliphatic rings. The van der Waals surface area contributed by atoms with Crippen molar-refractivity contribution in [3.05, 3.63) is 77.2 Å². The van der Waals surface area contributed by atoms with Gasteiger partial charge in [-0.3, -0.25) is 0 Å². The Balaban J connectivity index is 0.00000272. The highest BCUT2D eigenvalue weighted by Gasteiger charge is 2.43. The van der Waals surface area contributed by atoms with Crippen molar-refractivity contribution in [1.29, 1.82) is 0 Å². The molecule has 1 aliphatic carbocycles. The number of hydrogen-bond acceptors (Lipinski definition) is 3. The van der Waals surface area contributed by atoms with Gasteiger partial charge in [-0.15, -0.1) is 24.0 Å². The van der Waals surface area contributed by atoms with E-state index in [0.29, 0.717) is 6.54 Å². The third-order valence-electron chi connectivity index (χ3n) is 5.63. The lowest BCUT2D eigenvalue weighted by Crippen LogP contribution is -2.41. The molecular formula is C24H31IN6. The summed E-state index contributed by atoms with van der Waals surface area (Å²) in [5, 5.41) is 11.4. The molecule has 2 N–H and O–H groups in total. The standard InChI is InChI=1S/C24H30N6.HI/c1-4-25-23(28-17-24(12-13-24)21-8-6-5-7-9-21)27-16-20-10-11-22(26-15-20)30-19(3)14-18(2)29-30;/h5-11,14-15H,4,12-13,16-17H2,1-3H3,(H2,25,27,28);1H. The quantitative estimate of drug-likeness (QED) is 0.272. The van der Waals surface area contributed by atoms with E-state index in [2.05, 4.69) is 70.1 Å².